The Morgan fingerprint density at radius 2 is 1.69 bits per heavy atom. The summed E-state index contributed by atoms with van der Waals surface area (Å²) in [5.74, 6) is -0.0173. The van der Waals surface area contributed by atoms with E-state index in [9.17, 15) is 13.2 Å². The molecule has 3 rings (SSSR count). The lowest BCUT2D eigenvalue weighted by Crippen LogP contribution is -2.39. The molecule has 6 nitrogen and oxygen atoms in total. The molecule has 0 atom stereocenters. The normalized spacial score (nSPS) is 11.4. The number of ether oxygens (including phenoxy) is 1. The number of nitrogens with zero attached hydrogens (tertiary/aromatic N) is 1. The van der Waals surface area contributed by atoms with Crippen molar-refractivity contribution in [3.63, 3.8) is 0 Å². The number of anilines is 1. The predicted octanol–water partition coefficient (Wildman–Crippen LogP) is 4.87. The number of sulfonamides is 1. The van der Waals surface area contributed by atoms with Crippen molar-refractivity contribution in [2.24, 2.45) is 0 Å². The topological polar surface area (TPSA) is 75.7 Å². The largest absolute Gasteiger partial charge is 0.495 e. The Morgan fingerprint density at radius 3 is 2.31 bits per heavy atom. The molecule has 3 aromatic rings. The predicted molar refractivity (Wildman–Crippen MR) is 127 cm³/mol. The van der Waals surface area contributed by atoms with Gasteiger partial charge in [-0.2, -0.15) is 4.31 Å². The summed E-state index contributed by atoms with van der Waals surface area (Å²) in [5.41, 5.74) is 1.40. The van der Waals surface area contributed by atoms with Crippen molar-refractivity contribution in [3.8, 4) is 5.75 Å². The second-order valence-electron chi connectivity index (χ2n) is 6.93. The second kappa shape index (κ2) is 10.8. The third kappa shape index (κ3) is 6.23. The standard InChI is InChI=1S/C23H22Cl2N2O4S/c1-31-22-12-9-19(15-21(22)25)26-23(28)16-27(14-13-17-5-3-2-4-6-17)32(29,30)20-10-7-18(24)8-11-20/h2-12,15H,13-14,16H2,1H3,(H,26,28). The van der Waals surface area contributed by atoms with Crippen LogP contribution in [0.3, 0.4) is 0 Å². The minimum absolute atomic E-state index is 0.0650. The molecule has 0 aromatic heterocycles. The monoisotopic (exact) mass is 492 g/mol. The van der Waals surface area contributed by atoms with Crippen LogP contribution in [0.1, 0.15) is 5.56 Å². The number of carbonyl (C=O) groups is 1. The summed E-state index contributed by atoms with van der Waals surface area (Å²) in [7, 11) is -2.43. The third-order valence-electron chi connectivity index (χ3n) is 4.70. The van der Waals surface area contributed by atoms with Crippen LogP contribution in [0.2, 0.25) is 10.0 Å². The molecule has 0 aliphatic carbocycles. The molecule has 0 saturated carbocycles. The van der Waals surface area contributed by atoms with Gasteiger partial charge in [-0.3, -0.25) is 4.79 Å². The minimum atomic E-state index is -3.93. The van der Waals surface area contributed by atoms with Crippen molar-refractivity contribution >= 4 is 44.8 Å². The fourth-order valence-electron chi connectivity index (χ4n) is 3.04. The first-order chi connectivity index (χ1) is 15.3. The van der Waals surface area contributed by atoms with Gasteiger partial charge in [0.05, 0.1) is 23.6 Å². The van der Waals surface area contributed by atoms with Gasteiger partial charge in [0, 0.05) is 17.3 Å². The molecule has 0 aliphatic rings. The van der Waals surface area contributed by atoms with E-state index >= 15 is 0 Å². The first-order valence-corrected chi connectivity index (χ1v) is 11.9. The number of rotatable bonds is 9. The van der Waals surface area contributed by atoms with Gasteiger partial charge >= 0.3 is 0 Å². The SMILES string of the molecule is COc1ccc(NC(=O)CN(CCc2ccccc2)S(=O)(=O)c2ccc(Cl)cc2)cc1Cl. The highest BCUT2D eigenvalue weighted by Crippen LogP contribution is 2.27. The maximum atomic E-state index is 13.3. The molecule has 0 spiro atoms. The first kappa shape index (κ1) is 24.1. The molecule has 0 bridgehead atoms. The van der Waals surface area contributed by atoms with E-state index in [1.54, 1.807) is 18.2 Å². The van der Waals surface area contributed by atoms with E-state index in [-0.39, 0.29) is 18.0 Å². The van der Waals surface area contributed by atoms with E-state index in [0.717, 1.165) is 9.87 Å². The molecule has 1 amide bonds. The molecule has 0 saturated heterocycles. The number of methoxy groups -OCH3 is 1. The van der Waals surface area contributed by atoms with Gasteiger partial charge in [-0.1, -0.05) is 53.5 Å². The molecule has 3 aromatic carbocycles. The summed E-state index contributed by atoms with van der Waals surface area (Å²) in [6.07, 6.45) is 0.454. The number of benzene rings is 3. The van der Waals surface area contributed by atoms with Gasteiger partial charge in [0.15, 0.2) is 0 Å². The zero-order valence-electron chi connectivity index (χ0n) is 17.3. The van der Waals surface area contributed by atoms with E-state index in [0.29, 0.717) is 27.9 Å². The average molecular weight is 493 g/mol. The van der Waals surface area contributed by atoms with Crippen LogP contribution in [0.5, 0.6) is 5.75 Å². The Bertz CT molecular complexity index is 1170. The van der Waals surface area contributed by atoms with Gasteiger partial charge in [0.2, 0.25) is 15.9 Å². The second-order valence-corrected chi connectivity index (χ2v) is 9.71. The minimum Gasteiger partial charge on any atom is -0.495 e. The zero-order valence-corrected chi connectivity index (χ0v) is 19.6. The van der Waals surface area contributed by atoms with Crippen LogP contribution in [-0.2, 0) is 21.2 Å². The Labute approximate surface area is 197 Å². The van der Waals surface area contributed by atoms with Crippen LogP contribution in [0.4, 0.5) is 5.69 Å². The number of hydrogen-bond acceptors (Lipinski definition) is 4. The number of carbonyl (C=O) groups excluding carboxylic acids is 1. The van der Waals surface area contributed by atoms with Crippen LogP contribution in [0.25, 0.3) is 0 Å². The van der Waals surface area contributed by atoms with E-state index in [2.05, 4.69) is 5.32 Å². The molecule has 168 valence electrons. The van der Waals surface area contributed by atoms with Crippen molar-refractivity contribution in [3.05, 3.63) is 88.4 Å². The fraction of sp³-hybridized carbons (Fsp3) is 0.174. The van der Waals surface area contributed by atoms with E-state index in [4.69, 9.17) is 27.9 Å². The van der Waals surface area contributed by atoms with E-state index < -0.39 is 15.9 Å². The summed E-state index contributed by atoms with van der Waals surface area (Å²) < 4.78 is 32.8. The van der Waals surface area contributed by atoms with Crippen molar-refractivity contribution in [2.75, 3.05) is 25.5 Å². The maximum absolute atomic E-state index is 13.3. The quantitative estimate of drug-likeness (QED) is 0.462. The fourth-order valence-corrected chi connectivity index (χ4v) is 4.82. The Balaban J connectivity index is 1.80. The summed E-state index contributed by atoms with van der Waals surface area (Å²) >= 11 is 12.0. The molecule has 9 heteroatoms. The summed E-state index contributed by atoms with van der Waals surface area (Å²) in [6.45, 7) is -0.229. The highest BCUT2D eigenvalue weighted by atomic mass is 35.5. The van der Waals surface area contributed by atoms with Crippen molar-refractivity contribution in [1.82, 2.24) is 4.31 Å². The van der Waals surface area contributed by atoms with Crippen molar-refractivity contribution in [2.45, 2.75) is 11.3 Å². The van der Waals surface area contributed by atoms with Crippen molar-refractivity contribution in [1.29, 1.82) is 0 Å². The summed E-state index contributed by atoms with van der Waals surface area (Å²) in [6, 6.07) is 20.1. The highest BCUT2D eigenvalue weighted by Gasteiger charge is 2.26. The van der Waals surface area contributed by atoms with Crippen LogP contribution >= 0.6 is 23.2 Å². The lowest BCUT2D eigenvalue weighted by molar-refractivity contribution is -0.116. The Hall–Kier alpha value is -2.58. The smallest absolute Gasteiger partial charge is 0.243 e. The molecule has 0 radical (unpaired) electrons. The molecular weight excluding hydrogens is 471 g/mol. The lowest BCUT2D eigenvalue weighted by atomic mass is 10.1. The van der Waals surface area contributed by atoms with Crippen molar-refractivity contribution < 1.29 is 17.9 Å². The van der Waals surface area contributed by atoms with Gasteiger partial charge in [-0.25, -0.2) is 8.42 Å². The van der Waals surface area contributed by atoms with Gasteiger partial charge in [-0.05, 0) is 54.4 Å². The summed E-state index contributed by atoms with van der Waals surface area (Å²) in [5, 5.41) is 3.45. The Kier molecular flexibility index (Phi) is 8.15. The maximum Gasteiger partial charge on any atom is 0.243 e. The molecular formula is C23H22Cl2N2O4S. The average Bonchev–Trinajstić information content (AvgIpc) is 2.77. The molecule has 1 N–H and O–H groups in total. The number of halogens is 2. The Morgan fingerprint density at radius 1 is 1.00 bits per heavy atom. The number of nitrogens with one attached hydrogen (secondary N) is 1. The van der Waals surface area contributed by atoms with Gasteiger partial charge < -0.3 is 10.1 Å². The number of amides is 1. The first-order valence-electron chi connectivity index (χ1n) is 9.72. The molecule has 0 heterocycles. The number of hydrogen-bond donors (Lipinski definition) is 1. The zero-order chi connectivity index (χ0) is 23.1. The summed E-state index contributed by atoms with van der Waals surface area (Å²) in [4.78, 5) is 12.8. The van der Waals surface area contributed by atoms with Gasteiger partial charge in [0.25, 0.3) is 0 Å². The van der Waals surface area contributed by atoms with Gasteiger partial charge in [-0.15, -0.1) is 0 Å². The highest BCUT2D eigenvalue weighted by molar-refractivity contribution is 7.89. The molecule has 32 heavy (non-hydrogen) atoms. The van der Waals surface area contributed by atoms with E-state index in [1.165, 1.54) is 31.4 Å². The molecule has 0 fully saturated rings. The van der Waals surface area contributed by atoms with Gasteiger partial charge in [0.1, 0.15) is 5.75 Å². The van der Waals surface area contributed by atoms with Crippen LogP contribution < -0.4 is 10.1 Å². The lowest BCUT2D eigenvalue weighted by Gasteiger charge is -2.22. The van der Waals surface area contributed by atoms with Crippen LogP contribution in [0, 0.1) is 0 Å². The molecule has 0 unspecified atom stereocenters. The molecule has 0 aliphatic heterocycles. The van der Waals surface area contributed by atoms with Crippen LogP contribution in [-0.4, -0.2) is 38.8 Å². The van der Waals surface area contributed by atoms with E-state index in [1.807, 2.05) is 30.3 Å². The van der Waals surface area contributed by atoms with Crippen LogP contribution in [0.15, 0.2) is 77.7 Å². The third-order valence-corrected chi connectivity index (χ3v) is 7.11.